The van der Waals surface area contributed by atoms with Crippen molar-refractivity contribution in [3.63, 3.8) is 0 Å². The summed E-state index contributed by atoms with van der Waals surface area (Å²) < 4.78 is 3.71. The lowest BCUT2D eigenvalue weighted by atomic mass is 10.1. The Morgan fingerprint density at radius 3 is 2.83 bits per heavy atom. The molecule has 0 radical (unpaired) electrons. The van der Waals surface area contributed by atoms with Gasteiger partial charge < -0.3 is 10.2 Å². The third-order valence-electron chi connectivity index (χ3n) is 3.80. The van der Waals surface area contributed by atoms with Crippen LogP contribution in [0.25, 0.3) is 0 Å². The lowest BCUT2D eigenvalue weighted by Crippen LogP contribution is -2.44. The molecule has 0 spiro atoms. The van der Waals surface area contributed by atoms with Gasteiger partial charge in [0.25, 0.3) is 5.91 Å². The van der Waals surface area contributed by atoms with E-state index in [1.165, 1.54) is 5.56 Å². The standard InChI is InChI=1S/C15H16N4O2S2/c1-9-3-4-11(5-10(9)2)16-14(20)13-7-22-8-19(13)15(21)12-6-23-18-17-12/h3-6,13H,7-8H2,1-2H3,(H,16,20). The van der Waals surface area contributed by atoms with Gasteiger partial charge in [0, 0.05) is 16.8 Å². The molecule has 0 bridgehead atoms. The van der Waals surface area contributed by atoms with E-state index in [-0.39, 0.29) is 11.8 Å². The molecule has 0 aliphatic carbocycles. The number of hydrogen-bond acceptors (Lipinski definition) is 6. The molecule has 1 fully saturated rings. The van der Waals surface area contributed by atoms with E-state index in [4.69, 9.17) is 0 Å². The number of anilines is 1. The van der Waals surface area contributed by atoms with E-state index in [0.29, 0.717) is 17.3 Å². The zero-order valence-electron chi connectivity index (χ0n) is 12.8. The molecule has 1 N–H and O–H groups in total. The fraction of sp³-hybridized carbons (Fsp3) is 0.333. The summed E-state index contributed by atoms with van der Waals surface area (Å²) in [5, 5.41) is 8.30. The van der Waals surface area contributed by atoms with E-state index in [2.05, 4.69) is 14.9 Å². The Kier molecular flexibility index (Phi) is 4.63. The molecule has 6 nitrogen and oxygen atoms in total. The van der Waals surface area contributed by atoms with Crippen LogP contribution in [0.1, 0.15) is 21.6 Å². The number of carbonyl (C=O) groups excluding carboxylic acids is 2. The van der Waals surface area contributed by atoms with Crippen molar-refractivity contribution in [1.82, 2.24) is 14.5 Å². The smallest absolute Gasteiger partial charge is 0.276 e. The molecule has 1 unspecified atom stereocenters. The molecule has 1 aliphatic heterocycles. The number of aryl methyl sites for hydroxylation is 2. The molecule has 1 saturated heterocycles. The molecule has 8 heteroatoms. The molecule has 120 valence electrons. The number of carbonyl (C=O) groups is 2. The van der Waals surface area contributed by atoms with Gasteiger partial charge in [-0.3, -0.25) is 9.59 Å². The minimum Gasteiger partial charge on any atom is -0.324 e. The first-order valence-electron chi connectivity index (χ1n) is 7.10. The van der Waals surface area contributed by atoms with Crippen LogP contribution in [0.4, 0.5) is 5.69 Å². The van der Waals surface area contributed by atoms with Crippen LogP contribution in [0.2, 0.25) is 0 Å². The van der Waals surface area contributed by atoms with Crippen LogP contribution < -0.4 is 5.32 Å². The molecule has 2 amide bonds. The molecule has 23 heavy (non-hydrogen) atoms. The number of rotatable bonds is 3. The second kappa shape index (κ2) is 6.67. The Morgan fingerprint density at radius 2 is 2.13 bits per heavy atom. The predicted octanol–water partition coefficient (Wildman–Crippen LogP) is 2.31. The minimum atomic E-state index is -0.490. The third-order valence-corrected chi connectivity index (χ3v) is 5.32. The first kappa shape index (κ1) is 15.9. The van der Waals surface area contributed by atoms with Gasteiger partial charge in [0.05, 0.1) is 5.88 Å². The molecule has 2 heterocycles. The SMILES string of the molecule is Cc1ccc(NC(=O)C2CSCN2C(=O)c2csnn2)cc1C. The number of thioether (sulfide) groups is 1. The van der Waals surface area contributed by atoms with Crippen LogP contribution in [-0.4, -0.2) is 44.0 Å². The van der Waals surface area contributed by atoms with E-state index in [1.54, 1.807) is 22.0 Å². The largest absolute Gasteiger partial charge is 0.324 e. The summed E-state index contributed by atoms with van der Waals surface area (Å²) in [6, 6.07) is 5.29. The van der Waals surface area contributed by atoms with Gasteiger partial charge >= 0.3 is 0 Å². The number of aromatic nitrogens is 2. The van der Waals surface area contributed by atoms with Crippen molar-refractivity contribution in [2.45, 2.75) is 19.9 Å². The molecule has 1 aliphatic rings. The van der Waals surface area contributed by atoms with Crippen LogP contribution in [-0.2, 0) is 4.79 Å². The second-order valence-corrected chi connectivity index (χ2v) is 6.98. The molecular formula is C15H16N4O2S2. The Labute approximate surface area is 142 Å². The summed E-state index contributed by atoms with van der Waals surface area (Å²) in [5.74, 6) is 0.653. The molecule has 1 atom stereocenters. The normalized spacial score (nSPS) is 17.3. The quantitative estimate of drug-likeness (QED) is 0.921. The summed E-state index contributed by atoms with van der Waals surface area (Å²) in [6.07, 6.45) is 0. The van der Waals surface area contributed by atoms with Crippen LogP contribution in [0.5, 0.6) is 0 Å². The molecule has 0 saturated carbocycles. The van der Waals surface area contributed by atoms with Crippen LogP contribution in [0.3, 0.4) is 0 Å². The Balaban J connectivity index is 1.73. The number of nitrogens with zero attached hydrogens (tertiary/aromatic N) is 3. The lowest BCUT2D eigenvalue weighted by Gasteiger charge is -2.22. The Bertz CT molecular complexity index is 733. The Hall–Kier alpha value is -1.93. The van der Waals surface area contributed by atoms with E-state index in [9.17, 15) is 9.59 Å². The number of amides is 2. The zero-order valence-corrected chi connectivity index (χ0v) is 14.4. The van der Waals surface area contributed by atoms with Gasteiger partial charge in [0.15, 0.2) is 5.69 Å². The van der Waals surface area contributed by atoms with E-state index < -0.39 is 6.04 Å². The van der Waals surface area contributed by atoms with E-state index in [1.807, 2.05) is 32.0 Å². The van der Waals surface area contributed by atoms with Crippen molar-refractivity contribution in [3.05, 3.63) is 40.4 Å². The van der Waals surface area contributed by atoms with Gasteiger partial charge in [0.2, 0.25) is 5.91 Å². The molecule has 1 aromatic heterocycles. The maximum absolute atomic E-state index is 12.5. The second-order valence-electron chi connectivity index (χ2n) is 5.37. The highest BCUT2D eigenvalue weighted by Crippen LogP contribution is 2.24. The lowest BCUT2D eigenvalue weighted by molar-refractivity contribution is -0.119. The minimum absolute atomic E-state index is 0.171. The van der Waals surface area contributed by atoms with E-state index in [0.717, 1.165) is 22.8 Å². The van der Waals surface area contributed by atoms with E-state index >= 15 is 0 Å². The first-order valence-corrected chi connectivity index (χ1v) is 9.09. The molecule has 1 aromatic carbocycles. The average molecular weight is 348 g/mol. The number of hydrogen-bond donors (Lipinski definition) is 1. The Morgan fingerprint density at radius 1 is 1.30 bits per heavy atom. The average Bonchev–Trinajstić information content (AvgIpc) is 3.21. The van der Waals surface area contributed by atoms with Crippen molar-refractivity contribution in [2.24, 2.45) is 0 Å². The fourth-order valence-electron chi connectivity index (χ4n) is 2.31. The predicted molar refractivity (Wildman–Crippen MR) is 91.7 cm³/mol. The van der Waals surface area contributed by atoms with Gasteiger partial charge in [-0.2, -0.15) is 0 Å². The van der Waals surface area contributed by atoms with Crippen LogP contribution >= 0.6 is 23.3 Å². The van der Waals surface area contributed by atoms with Crippen molar-refractivity contribution in [1.29, 1.82) is 0 Å². The maximum Gasteiger partial charge on any atom is 0.276 e. The summed E-state index contributed by atoms with van der Waals surface area (Å²) in [7, 11) is 0. The van der Waals surface area contributed by atoms with Crippen LogP contribution in [0, 0.1) is 13.8 Å². The fourth-order valence-corrected chi connectivity index (χ4v) is 3.89. The van der Waals surface area contributed by atoms with Gasteiger partial charge in [-0.05, 0) is 48.6 Å². The zero-order chi connectivity index (χ0) is 16.4. The molecule has 3 rings (SSSR count). The van der Waals surface area contributed by atoms with Crippen molar-refractivity contribution in [2.75, 3.05) is 16.9 Å². The maximum atomic E-state index is 12.5. The van der Waals surface area contributed by atoms with Crippen molar-refractivity contribution >= 4 is 40.8 Å². The third kappa shape index (κ3) is 3.37. The topological polar surface area (TPSA) is 75.2 Å². The molecule has 2 aromatic rings. The van der Waals surface area contributed by atoms with Gasteiger partial charge in [-0.15, -0.1) is 16.9 Å². The highest BCUT2D eigenvalue weighted by atomic mass is 32.2. The summed E-state index contributed by atoms with van der Waals surface area (Å²) in [4.78, 5) is 26.5. The summed E-state index contributed by atoms with van der Waals surface area (Å²) in [5.41, 5.74) is 3.33. The van der Waals surface area contributed by atoms with Crippen molar-refractivity contribution in [3.8, 4) is 0 Å². The van der Waals surface area contributed by atoms with Gasteiger partial charge in [0.1, 0.15) is 6.04 Å². The van der Waals surface area contributed by atoms with Crippen LogP contribution in [0.15, 0.2) is 23.6 Å². The number of nitrogens with one attached hydrogen (secondary N) is 1. The van der Waals surface area contributed by atoms with Crippen molar-refractivity contribution < 1.29 is 9.59 Å². The summed E-state index contributed by atoms with van der Waals surface area (Å²) >= 11 is 2.69. The highest BCUT2D eigenvalue weighted by molar-refractivity contribution is 7.99. The van der Waals surface area contributed by atoms with Gasteiger partial charge in [-0.1, -0.05) is 10.6 Å². The summed E-state index contributed by atoms with van der Waals surface area (Å²) in [6.45, 7) is 4.03. The highest BCUT2D eigenvalue weighted by Gasteiger charge is 2.36. The first-order chi connectivity index (χ1) is 11.1. The number of benzene rings is 1. The van der Waals surface area contributed by atoms with Gasteiger partial charge in [-0.25, -0.2) is 0 Å². The monoisotopic (exact) mass is 348 g/mol. The molecular weight excluding hydrogens is 332 g/mol.